The van der Waals surface area contributed by atoms with Gasteiger partial charge in [0.15, 0.2) is 0 Å². The molecule has 2 nitrogen and oxygen atoms in total. The number of hydrogen-bond acceptors (Lipinski definition) is 2. The van der Waals surface area contributed by atoms with Crippen LogP contribution in [0.2, 0.25) is 0 Å². The molecule has 1 aliphatic heterocycles. The summed E-state index contributed by atoms with van der Waals surface area (Å²) in [7, 11) is 0. The van der Waals surface area contributed by atoms with E-state index in [0.29, 0.717) is 12.0 Å². The van der Waals surface area contributed by atoms with Gasteiger partial charge in [-0.05, 0) is 32.2 Å². The molecule has 1 saturated carbocycles. The Bertz CT molecular complexity index is 244. The fourth-order valence-corrected chi connectivity index (χ4v) is 3.32. The van der Waals surface area contributed by atoms with Gasteiger partial charge in [-0.2, -0.15) is 0 Å². The van der Waals surface area contributed by atoms with Crippen LogP contribution in [0.4, 0.5) is 0 Å². The molecular weight excluding hydrogens is 210 g/mol. The Morgan fingerprint density at radius 3 is 2.73 bits per heavy atom. The van der Waals surface area contributed by atoms with Crippen molar-refractivity contribution in [2.45, 2.75) is 44.2 Å². The van der Waals surface area contributed by atoms with Crippen LogP contribution >= 0.6 is 11.6 Å². The SMILES string of the molecule is C=C(Cl)CN1CCCC1C1CCCC1O. The van der Waals surface area contributed by atoms with Crippen LogP contribution in [0.5, 0.6) is 0 Å². The van der Waals surface area contributed by atoms with Crippen LogP contribution in [0, 0.1) is 5.92 Å². The number of halogens is 1. The second kappa shape index (κ2) is 4.86. The molecule has 0 aromatic rings. The highest BCUT2D eigenvalue weighted by Crippen LogP contribution is 2.35. The standard InChI is InChI=1S/C12H20ClNO/c1-9(13)8-14-7-3-5-11(14)10-4-2-6-12(10)15/h10-12,15H,1-8H2. The quantitative estimate of drug-likeness (QED) is 0.803. The van der Waals surface area contributed by atoms with Gasteiger partial charge in [-0.15, -0.1) is 0 Å². The summed E-state index contributed by atoms with van der Waals surface area (Å²) >= 11 is 5.87. The lowest BCUT2D eigenvalue weighted by atomic mass is 9.94. The van der Waals surface area contributed by atoms with Gasteiger partial charge in [-0.25, -0.2) is 0 Å². The van der Waals surface area contributed by atoms with Crippen LogP contribution in [-0.4, -0.2) is 35.2 Å². The molecule has 0 bridgehead atoms. The van der Waals surface area contributed by atoms with Crippen LogP contribution in [0.1, 0.15) is 32.1 Å². The van der Waals surface area contributed by atoms with Gasteiger partial charge < -0.3 is 5.11 Å². The fraction of sp³-hybridized carbons (Fsp3) is 0.833. The zero-order valence-electron chi connectivity index (χ0n) is 9.16. The van der Waals surface area contributed by atoms with E-state index in [2.05, 4.69) is 11.5 Å². The number of aliphatic hydroxyl groups is 1. The minimum atomic E-state index is -0.0841. The summed E-state index contributed by atoms with van der Waals surface area (Å²) in [6, 6.07) is 0.540. The number of likely N-dealkylation sites (tertiary alicyclic amines) is 1. The van der Waals surface area contributed by atoms with Crippen molar-refractivity contribution in [2.75, 3.05) is 13.1 Å². The van der Waals surface area contributed by atoms with E-state index < -0.39 is 0 Å². The van der Waals surface area contributed by atoms with Crippen molar-refractivity contribution in [1.29, 1.82) is 0 Å². The first-order valence-corrected chi connectivity index (χ1v) is 6.31. The van der Waals surface area contributed by atoms with Crippen molar-refractivity contribution in [2.24, 2.45) is 5.92 Å². The molecule has 1 N–H and O–H groups in total. The van der Waals surface area contributed by atoms with Crippen molar-refractivity contribution in [3.63, 3.8) is 0 Å². The Hall–Kier alpha value is -0.0500. The van der Waals surface area contributed by atoms with Crippen LogP contribution in [0.25, 0.3) is 0 Å². The average molecular weight is 230 g/mol. The molecule has 2 aliphatic rings. The first kappa shape index (κ1) is 11.4. The molecule has 1 saturated heterocycles. The highest BCUT2D eigenvalue weighted by atomic mass is 35.5. The van der Waals surface area contributed by atoms with E-state index in [0.717, 1.165) is 24.5 Å². The number of nitrogens with zero attached hydrogens (tertiary/aromatic N) is 1. The minimum absolute atomic E-state index is 0.0841. The first-order valence-electron chi connectivity index (χ1n) is 5.94. The summed E-state index contributed by atoms with van der Waals surface area (Å²) in [5.41, 5.74) is 0. The number of rotatable bonds is 3. The van der Waals surface area contributed by atoms with Crippen molar-refractivity contribution >= 4 is 11.6 Å². The molecule has 0 aromatic heterocycles. The monoisotopic (exact) mass is 229 g/mol. The van der Waals surface area contributed by atoms with E-state index in [4.69, 9.17) is 11.6 Å². The summed E-state index contributed by atoms with van der Waals surface area (Å²) in [4.78, 5) is 2.40. The smallest absolute Gasteiger partial charge is 0.0583 e. The molecule has 2 fully saturated rings. The van der Waals surface area contributed by atoms with Gasteiger partial charge in [-0.1, -0.05) is 24.6 Å². The largest absolute Gasteiger partial charge is 0.393 e. The Morgan fingerprint density at radius 2 is 2.13 bits per heavy atom. The topological polar surface area (TPSA) is 23.5 Å². The highest BCUT2D eigenvalue weighted by molar-refractivity contribution is 6.29. The summed E-state index contributed by atoms with van der Waals surface area (Å²) in [5, 5.41) is 10.6. The third-order valence-corrected chi connectivity index (χ3v) is 3.93. The lowest BCUT2D eigenvalue weighted by molar-refractivity contribution is 0.0786. The molecule has 15 heavy (non-hydrogen) atoms. The third-order valence-electron chi connectivity index (χ3n) is 3.81. The highest BCUT2D eigenvalue weighted by Gasteiger charge is 2.37. The van der Waals surface area contributed by atoms with Gasteiger partial charge in [0.2, 0.25) is 0 Å². The van der Waals surface area contributed by atoms with Crippen molar-refractivity contribution < 1.29 is 5.11 Å². The van der Waals surface area contributed by atoms with E-state index >= 15 is 0 Å². The van der Waals surface area contributed by atoms with E-state index in [1.54, 1.807) is 0 Å². The molecule has 3 unspecified atom stereocenters. The predicted molar refractivity (Wildman–Crippen MR) is 62.9 cm³/mol. The van der Waals surface area contributed by atoms with Gasteiger partial charge in [0.25, 0.3) is 0 Å². The third kappa shape index (κ3) is 2.55. The summed E-state index contributed by atoms with van der Waals surface area (Å²) in [6.07, 6.45) is 5.70. The zero-order chi connectivity index (χ0) is 10.8. The molecule has 0 amide bonds. The van der Waals surface area contributed by atoms with Crippen LogP contribution in [0.3, 0.4) is 0 Å². The number of aliphatic hydroxyl groups excluding tert-OH is 1. The van der Waals surface area contributed by atoms with E-state index in [1.807, 2.05) is 0 Å². The molecule has 3 heteroatoms. The Morgan fingerprint density at radius 1 is 1.33 bits per heavy atom. The first-order chi connectivity index (χ1) is 7.18. The van der Waals surface area contributed by atoms with Gasteiger partial charge >= 0.3 is 0 Å². The maximum atomic E-state index is 9.92. The fourth-order valence-electron chi connectivity index (χ4n) is 3.17. The summed E-state index contributed by atoms with van der Waals surface area (Å²) in [6.45, 7) is 5.66. The molecule has 0 spiro atoms. The van der Waals surface area contributed by atoms with Crippen molar-refractivity contribution in [3.8, 4) is 0 Å². The van der Waals surface area contributed by atoms with Crippen molar-refractivity contribution in [1.82, 2.24) is 4.90 Å². The molecule has 1 aliphatic carbocycles. The summed E-state index contributed by atoms with van der Waals surface area (Å²) in [5.74, 6) is 0.475. The lowest BCUT2D eigenvalue weighted by Gasteiger charge is -2.30. The van der Waals surface area contributed by atoms with E-state index in [9.17, 15) is 5.11 Å². The predicted octanol–water partition coefficient (Wildman–Crippen LogP) is 2.36. The Balaban J connectivity index is 1.97. The molecule has 3 atom stereocenters. The van der Waals surface area contributed by atoms with Gasteiger partial charge in [0.1, 0.15) is 0 Å². The Kier molecular flexibility index (Phi) is 3.70. The van der Waals surface area contributed by atoms with E-state index in [-0.39, 0.29) is 6.10 Å². The maximum Gasteiger partial charge on any atom is 0.0583 e. The van der Waals surface area contributed by atoms with Gasteiger partial charge in [0.05, 0.1) is 6.10 Å². The van der Waals surface area contributed by atoms with Gasteiger partial charge in [0, 0.05) is 23.5 Å². The second-order valence-electron chi connectivity index (χ2n) is 4.86. The minimum Gasteiger partial charge on any atom is -0.393 e. The normalized spacial score (nSPS) is 37.3. The molecule has 0 aromatic carbocycles. The maximum absolute atomic E-state index is 9.92. The van der Waals surface area contributed by atoms with Crippen LogP contribution in [-0.2, 0) is 0 Å². The van der Waals surface area contributed by atoms with Crippen LogP contribution in [0.15, 0.2) is 11.6 Å². The molecular formula is C12H20ClNO. The molecule has 2 rings (SSSR count). The summed E-state index contributed by atoms with van der Waals surface area (Å²) < 4.78 is 0. The number of hydrogen-bond donors (Lipinski definition) is 1. The molecule has 86 valence electrons. The zero-order valence-corrected chi connectivity index (χ0v) is 9.92. The van der Waals surface area contributed by atoms with Crippen LogP contribution < -0.4 is 0 Å². The molecule has 0 radical (unpaired) electrons. The van der Waals surface area contributed by atoms with E-state index in [1.165, 1.54) is 25.7 Å². The lowest BCUT2D eigenvalue weighted by Crippen LogP contribution is -2.39. The average Bonchev–Trinajstić information content (AvgIpc) is 2.73. The molecule has 1 heterocycles. The van der Waals surface area contributed by atoms with Crippen molar-refractivity contribution in [3.05, 3.63) is 11.6 Å². The van der Waals surface area contributed by atoms with Gasteiger partial charge in [-0.3, -0.25) is 4.90 Å². The Labute approximate surface area is 96.9 Å². The second-order valence-corrected chi connectivity index (χ2v) is 5.39.